The van der Waals surface area contributed by atoms with Crippen molar-refractivity contribution in [3.8, 4) is 5.75 Å². The number of aromatic nitrogens is 5. The van der Waals surface area contributed by atoms with Crippen LogP contribution in [0.4, 0.5) is 5.82 Å². The fourth-order valence-electron chi connectivity index (χ4n) is 3.75. The molecule has 0 aliphatic carbocycles. The number of hydrogen-bond acceptors (Lipinski definition) is 7. The number of amides is 1. The molecule has 29 heavy (non-hydrogen) atoms. The summed E-state index contributed by atoms with van der Waals surface area (Å²) in [5.41, 5.74) is 1.71. The van der Waals surface area contributed by atoms with E-state index in [-0.39, 0.29) is 17.9 Å². The van der Waals surface area contributed by atoms with Crippen molar-refractivity contribution in [3.63, 3.8) is 0 Å². The second-order valence-corrected chi connectivity index (χ2v) is 7.38. The summed E-state index contributed by atoms with van der Waals surface area (Å²) in [5.74, 6) is 1.86. The van der Waals surface area contributed by atoms with Gasteiger partial charge in [0.05, 0.1) is 13.2 Å². The molecular weight excluding hydrogens is 370 g/mol. The number of anilines is 1. The molecule has 4 rings (SSSR count). The molecule has 0 saturated carbocycles. The van der Waals surface area contributed by atoms with Crippen LogP contribution in [0.25, 0.3) is 5.65 Å². The molecule has 1 saturated heterocycles. The van der Waals surface area contributed by atoms with Gasteiger partial charge >= 0.3 is 0 Å². The Morgan fingerprint density at radius 1 is 1.17 bits per heavy atom. The van der Waals surface area contributed by atoms with E-state index in [4.69, 9.17) is 4.74 Å². The van der Waals surface area contributed by atoms with Crippen LogP contribution in [0.5, 0.6) is 5.75 Å². The fourth-order valence-corrected chi connectivity index (χ4v) is 3.75. The van der Waals surface area contributed by atoms with Gasteiger partial charge in [0, 0.05) is 26.1 Å². The number of nitrogens with zero attached hydrogens (tertiary/aromatic N) is 7. The van der Waals surface area contributed by atoms with E-state index in [1.807, 2.05) is 48.3 Å². The molecule has 2 aromatic heterocycles. The van der Waals surface area contributed by atoms with Crippen LogP contribution >= 0.6 is 0 Å². The third-order valence-electron chi connectivity index (χ3n) is 5.75. The van der Waals surface area contributed by atoms with E-state index in [0.717, 1.165) is 43.1 Å². The maximum atomic E-state index is 13.1. The molecule has 1 aliphatic rings. The first-order valence-electron chi connectivity index (χ1n) is 9.78. The van der Waals surface area contributed by atoms with Crippen molar-refractivity contribution >= 4 is 17.4 Å². The van der Waals surface area contributed by atoms with E-state index >= 15 is 0 Å². The molecule has 1 fully saturated rings. The van der Waals surface area contributed by atoms with Crippen LogP contribution in [0.3, 0.4) is 0 Å². The monoisotopic (exact) mass is 395 g/mol. The molecule has 0 unspecified atom stereocenters. The van der Waals surface area contributed by atoms with Gasteiger partial charge in [-0.3, -0.25) is 4.79 Å². The zero-order valence-corrected chi connectivity index (χ0v) is 16.9. The summed E-state index contributed by atoms with van der Waals surface area (Å²) in [6, 6.07) is 11.7. The number of benzene rings is 1. The van der Waals surface area contributed by atoms with Gasteiger partial charge in [0.25, 0.3) is 0 Å². The van der Waals surface area contributed by atoms with Gasteiger partial charge in [-0.15, -0.1) is 14.8 Å². The lowest BCUT2D eigenvalue weighted by molar-refractivity contribution is -0.136. The first-order chi connectivity index (χ1) is 14.1. The first kappa shape index (κ1) is 19.1. The number of ether oxygens (including phenoxy) is 1. The van der Waals surface area contributed by atoms with Crippen LogP contribution in [-0.4, -0.2) is 63.3 Å². The highest BCUT2D eigenvalue weighted by molar-refractivity contribution is 5.79. The van der Waals surface area contributed by atoms with Crippen molar-refractivity contribution < 1.29 is 9.53 Å². The Morgan fingerprint density at radius 2 is 1.90 bits per heavy atom. The summed E-state index contributed by atoms with van der Waals surface area (Å²) in [7, 11) is 3.54. The maximum absolute atomic E-state index is 13.1. The lowest BCUT2D eigenvalue weighted by Gasteiger charge is -2.35. The topological polar surface area (TPSA) is 88.8 Å². The minimum atomic E-state index is 0.00956. The molecule has 9 heteroatoms. The molecule has 1 aromatic carbocycles. The summed E-state index contributed by atoms with van der Waals surface area (Å²) in [6.07, 6.45) is 1.60. The van der Waals surface area contributed by atoms with Crippen molar-refractivity contribution in [1.29, 1.82) is 0 Å². The lowest BCUT2D eigenvalue weighted by atomic mass is 9.94. The average molecular weight is 395 g/mol. The van der Waals surface area contributed by atoms with Crippen molar-refractivity contribution in [1.82, 2.24) is 30.2 Å². The summed E-state index contributed by atoms with van der Waals surface area (Å²) < 4.78 is 6.64. The Hall–Kier alpha value is -3.23. The number of piperidine rings is 1. The highest BCUT2D eigenvalue weighted by Crippen LogP contribution is 2.27. The SMILES string of the molecule is COc1ccc([C@@H](C)N(C)C(=O)C2CCN(c3ccc4nnnn4n3)CC2)cc1. The third-order valence-corrected chi connectivity index (χ3v) is 5.75. The molecule has 9 nitrogen and oxygen atoms in total. The van der Waals surface area contributed by atoms with Gasteiger partial charge in [-0.1, -0.05) is 12.1 Å². The zero-order chi connectivity index (χ0) is 20.4. The number of hydrogen-bond donors (Lipinski definition) is 0. The predicted octanol–water partition coefficient (Wildman–Crippen LogP) is 1.96. The lowest BCUT2D eigenvalue weighted by Crippen LogP contribution is -2.42. The summed E-state index contributed by atoms with van der Waals surface area (Å²) in [5, 5.41) is 15.8. The molecule has 1 atom stereocenters. The van der Waals surface area contributed by atoms with Crippen LogP contribution in [0, 0.1) is 5.92 Å². The molecule has 3 aromatic rings. The van der Waals surface area contributed by atoms with E-state index in [0.29, 0.717) is 5.65 Å². The number of rotatable bonds is 5. The van der Waals surface area contributed by atoms with Crippen LogP contribution in [0.15, 0.2) is 36.4 Å². The van der Waals surface area contributed by atoms with Crippen LogP contribution < -0.4 is 9.64 Å². The van der Waals surface area contributed by atoms with Crippen LogP contribution in [0.2, 0.25) is 0 Å². The highest BCUT2D eigenvalue weighted by atomic mass is 16.5. The molecule has 0 spiro atoms. The number of fused-ring (bicyclic) bond motifs is 1. The van der Waals surface area contributed by atoms with Gasteiger partial charge in [-0.05, 0) is 60.0 Å². The third kappa shape index (κ3) is 3.85. The van der Waals surface area contributed by atoms with Gasteiger partial charge in [0.15, 0.2) is 11.5 Å². The first-order valence-corrected chi connectivity index (χ1v) is 9.78. The molecule has 1 aliphatic heterocycles. The van der Waals surface area contributed by atoms with E-state index in [2.05, 4.69) is 32.4 Å². The summed E-state index contributed by atoms with van der Waals surface area (Å²) in [6.45, 7) is 3.61. The van der Waals surface area contributed by atoms with Crippen molar-refractivity contribution in [3.05, 3.63) is 42.0 Å². The molecule has 0 radical (unpaired) electrons. The second kappa shape index (κ2) is 8.02. The van der Waals surface area contributed by atoms with Crippen molar-refractivity contribution in [2.75, 3.05) is 32.1 Å². The Bertz CT molecular complexity index is 980. The normalized spacial score (nSPS) is 16.0. The summed E-state index contributed by atoms with van der Waals surface area (Å²) in [4.78, 5) is 17.1. The number of tetrazole rings is 1. The second-order valence-electron chi connectivity index (χ2n) is 7.38. The maximum Gasteiger partial charge on any atom is 0.226 e. The molecule has 1 amide bonds. The quantitative estimate of drug-likeness (QED) is 0.652. The number of carbonyl (C=O) groups excluding carboxylic acids is 1. The predicted molar refractivity (Wildman–Crippen MR) is 108 cm³/mol. The Labute approximate surface area is 169 Å². The number of carbonyl (C=O) groups is 1. The Balaban J connectivity index is 1.37. The minimum absolute atomic E-state index is 0.00956. The fraction of sp³-hybridized carbons (Fsp3) is 0.450. The zero-order valence-electron chi connectivity index (χ0n) is 16.9. The van der Waals surface area contributed by atoms with E-state index < -0.39 is 0 Å². The molecule has 152 valence electrons. The van der Waals surface area contributed by atoms with E-state index in [9.17, 15) is 4.79 Å². The van der Waals surface area contributed by atoms with Gasteiger partial charge in [-0.2, -0.15) is 0 Å². The minimum Gasteiger partial charge on any atom is -0.497 e. The molecule has 0 N–H and O–H groups in total. The Morgan fingerprint density at radius 3 is 2.59 bits per heavy atom. The molecule has 3 heterocycles. The Kier molecular flexibility index (Phi) is 5.28. The van der Waals surface area contributed by atoms with E-state index in [1.165, 1.54) is 4.63 Å². The van der Waals surface area contributed by atoms with Crippen molar-refractivity contribution in [2.24, 2.45) is 5.92 Å². The number of methoxy groups -OCH3 is 1. The largest absolute Gasteiger partial charge is 0.497 e. The van der Waals surface area contributed by atoms with Crippen molar-refractivity contribution in [2.45, 2.75) is 25.8 Å². The average Bonchev–Trinajstić information content (AvgIpc) is 3.25. The standard InChI is InChI=1S/C20H25N7O2/c1-14(15-4-6-17(29-3)7-5-15)25(2)20(28)16-10-12-26(13-11-16)19-9-8-18-21-23-24-27(18)22-19/h4-9,14,16H,10-13H2,1-3H3/t14-/m1/s1. The van der Waals surface area contributed by atoms with Gasteiger partial charge in [0.2, 0.25) is 5.91 Å². The smallest absolute Gasteiger partial charge is 0.226 e. The van der Waals surface area contributed by atoms with Crippen LogP contribution in [-0.2, 0) is 4.79 Å². The highest BCUT2D eigenvalue weighted by Gasteiger charge is 2.30. The molecular formula is C20H25N7O2. The van der Waals surface area contributed by atoms with Gasteiger partial charge in [0.1, 0.15) is 5.75 Å². The van der Waals surface area contributed by atoms with E-state index in [1.54, 1.807) is 7.11 Å². The molecule has 0 bridgehead atoms. The van der Waals surface area contributed by atoms with Gasteiger partial charge < -0.3 is 14.5 Å². The summed E-state index contributed by atoms with van der Waals surface area (Å²) >= 11 is 0. The van der Waals surface area contributed by atoms with Crippen LogP contribution in [0.1, 0.15) is 31.4 Å². The van der Waals surface area contributed by atoms with Gasteiger partial charge in [-0.25, -0.2) is 0 Å².